The maximum Gasteiger partial charge on any atom is 0.303 e. The molecule has 0 aromatic carbocycles. The third-order valence-electron chi connectivity index (χ3n) is 3.81. The number of ether oxygens (including phenoxy) is 1. The Morgan fingerprint density at radius 1 is 1.30 bits per heavy atom. The molecule has 0 aromatic heterocycles. The van der Waals surface area contributed by atoms with Crippen molar-refractivity contribution in [1.29, 1.82) is 0 Å². The summed E-state index contributed by atoms with van der Waals surface area (Å²) < 4.78 is 31.3. The van der Waals surface area contributed by atoms with Crippen molar-refractivity contribution in [2.75, 3.05) is 25.5 Å². The zero-order chi connectivity index (χ0) is 15.1. The molecular weight excluding hydrogens is 282 g/mol. The van der Waals surface area contributed by atoms with Crippen LogP contribution in [0.25, 0.3) is 0 Å². The average Bonchev–Trinajstić information content (AvgIpc) is 2.37. The Bertz CT molecular complexity index is 401. The highest BCUT2D eigenvalue weighted by molar-refractivity contribution is 7.89. The highest BCUT2D eigenvalue weighted by Gasteiger charge is 2.35. The molecule has 0 amide bonds. The van der Waals surface area contributed by atoms with E-state index in [0.717, 1.165) is 32.1 Å². The van der Waals surface area contributed by atoms with E-state index in [0.29, 0.717) is 6.61 Å². The maximum absolute atomic E-state index is 11.8. The van der Waals surface area contributed by atoms with Gasteiger partial charge in [0.25, 0.3) is 0 Å². The van der Waals surface area contributed by atoms with Crippen molar-refractivity contribution in [3.05, 3.63) is 0 Å². The summed E-state index contributed by atoms with van der Waals surface area (Å²) in [5, 5.41) is 9.04. The Hall–Kier alpha value is -0.660. The number of hydrogen-bond donors (Lipinski definition) is 2. The number of rotatable bonds is 9. The van der Waals surface area contributed by atoms with E-state index in [1.54, 1.807) is 0 Å². The van der Waals surface area contributed by atoms with E-state index in [9.17, 15) is 13.2 Å². The molecule has 0 unspecified atom stereocenters. The number of carboxylic acids is 1. The van der Waals surface area contributed by atoms with E-state index in [1.165, 1.54) is 0 Å². The van der Waals surface area contributed by atoms with Crippen LogP contribution in [0.2, 0.25) is 0 Å². The Kier molecular flexibility index (Phi) is 6.91. The summed E-state index contributed by atoms with van der Waals surface area (Å²) in [6.07, 6.45) is 4.60. The Balaban J connectivity index is 2.55. The summed E-state index contributed by atoms with van der Waals surface area (Å²) in [7, 11) is -3.40. The number of carboxylic acid groups (broad SMARTS) is 1. The van der Waals surface area contributed by atoms with Crippen LogP contribution in [0.3, 0.4) is 0 Å². The first-order valence-corrected chi connectivity index (χ1v) is 8.81. The molecule has 118 valence electrons. The van der Waals surface area contributed by atoms with Gasteiger partial charge in [0.2, 0.25) is 10.0 Å². The van der Waals surface area contributed by atoms with Gasteiger partial charge in [-0.3, -0.25) is 4.79 Å². The molecule has 0 spiro atoms. The minimum atomic E-state index is -3.40. The van der Waals surface area contributed by atoms with Crippen LogP contribution in [0.5, 0.6) is 0 Å². The van der Waals surface area contributed by atoms with E-state index in [1.807, 2.05) is 6.92 Å². The van der Waals surface area contributed by atoms with E-state index in [4.69, 9.17) is 9.84 Å². The minimum Gasteiger partial charge on any atom is -0.481 e. The smallest absolute Gasteiger partial charge is 0.303 e. The van der Waals surface area contributed by atoms with Crippen molar-refractivity contribution < 1.29 is 23.1 Å². The van der Waals surface area contributed by atoms with Gasteiger partial charge in [-0.25, -0.2) is 13.1 Å². The fraction of sp³-hybridized carbons (Fsp3) is 0.923. The summed E-state index contributed by atoms with van der Waals surface area (Å²) in [6.45, 7) is 2.67. The average molecular weight is 307 g/mol. The predicted octanol–water partition coefficient (Wildman–Crippen LogP) is 1.37. The zero-order valence-corrected chi connectivity index (χ0v) is 12.9. The van der Waals surface area contributed by atoms with Crippen molar-refractivity contribution >= 4 is 16.0 Å². The van der Waals surface area contributed by atoms with Gasteiger partial charge in [0, 0.05) is 13.2 Å². The standard InChI is InChI=1S/C13H25NO5S/c1-2-19-8-9-20(17,18)14-11-13(10-12(15)16)6-4-3-5-7-13/h14H,2-11H2,1H3,(H,15,16). The van der Waals surface area contributed by atoms with Crippen LogP contribution < -0.4 is 4.72 Å². The molecule has 20 heavy (non-hydrogen) atoms. The summed E-state index contributed by atoms with van der Waals surface area (Å²) in [5.74, 6) is -0.940. The second kappa shape index (κ2) is 7.95. The molecule has 1 rings (SSSR count). The molecule has 0 atom stereocenters. The summed E-state index contributed by atoms with van der Waals surface area (Å²) in [5.41, 5.74) is -0.428. The first-order chi connectivity index (χ1) is 9.39. The van der Waals surface area contributed by atoms with Crippen molar-refractivity contribution in [2.45, 2.75) is 45.4 Å². The molecule has 1 aliphatic rings. The van der Waals surface area contributed by atoms with Crippen LogP contribution in [0.4, 0.5) is 0 Å². The molecule has 1 aliphatic carbocycles. The van der Waals surface area contributed by atoms with Gasteiger partial charge >= 0.3 is 5.97 Å². The summed E-state index contributed by atoms with van der Waals surface area (Å²) >= 11 is 0. The van der Waals surface area contributed by atoms with Gasteiger partial charge < -0.3 is 9.84 Å². The van der Waals surface area contributed by atoms with Crippen LogP contribution >= 0.6 is 0 Å². The van der Waals surface area contributed by atoms with Gasteiger partial charge in [-0.15, -0.1) is 0 Å². The quantitative estimate of drug-likeness (QED) is 0.628. The zero-order valence-electron chi connectivity index (χ0n) is 12.1. The molecule has 0 heterocycles. The van der Waals surface area contributed by atoms with Gasteiger partial charge in [-0.2, -0.15) is 0 Å². The molecule has 0 bridgehead atoms. The molecule has 0 aromatic rings. The lowest BCUT2D eigenvalue weighted by atomic mass is 9.72. The minimum absolute atomic E-state index is 0.0287. The maximum atomic E-state index is 11.8. The SMILES string of the molecule is CCOCCS(=O)(=O)NCC1(CC(=O)O)CCCCC1. The van der Waals surface area contributed by atoms with Gasteiger partial charge in [0.1, 0.15) is 0 Å². The number of sulfonamides is 1. The first kappa shape index (κ1) is 17.4. The van der Waals surface area contributed by atoms with Gasteiger partial charge in [-0.1, -0.05) is 19.3 Å². The monoisotopic (exact) mass is 307 g/mol. The van der Waals surface area contributed by atoms with E-state index in [2.05, 4.69) is 4.72 Å². The predicted molar refractivity (Wildman–Crippen MR) is 76.1 cm³/mol. The molecule has 2 N–H and O–H groups in total. The normalized spacial score (nSPS) is 18.9. The topological polar surface area (TPSA) is 92.7 Å². The Morgan fingerprint density at radius 2 is 1.95 bits per heavy atom. The molecule has 0 aliphatic heterocycles. The lowest BCUT2D eigenvalue weighted by molar-refractivity contribution is -0.140. The van der Waals surface area contributed by atoms with Gasteiger partial charge in [0.05, 0.1) is 18.8 Å². The molecule has 0 radical (unpaired) electrons. The molecule has 6 nitrogen and oxygen atoms in total. The summed E-state index contributed by atoms with van der Waals surface area (Å²) in [4.78, 5) is 11.0. The highest BCUT2D eigenvalue weighted by Crippen LogP contribution is 2.38. The molecule has 1 saturated carbocycles. The third kappa shape index (κ3) is 6.19. The van der Waals surface area contributed by atoms with Crippen LogP contribution in [0, 0.1) is 5.41 Å². The van der Waals surface area contributed by atoms with Gasteiger partial charge in [-0.05, 0) is 25.2 Å². The largest absolute Gasteiger partial charge is 0.481 e. The van der Waals surface area contributed by atoms with Crippen LogP contribution in [-0.2, 0) is 19.6 Å². The van der Waals surface area contributed by atoms with Crippen LogP contribution in [-0.4, -0.2) is 45.0 Å². The van der Waals surface area contributed by atoms with Crippen LogP contribution in [0.1, 0.15) is 45.4 Å². The van der Waals surface area contributed by atoms with E-state index >= 15 is 0 Å². The Labute approximate surface area is 120 Å². The van der Waals surface area contributed by atoms with Crippen molar-refractivity contribution in [3.8, 4) is 0 Å². The number of hydrogen-bond acceptors (Lipinski definition) is 4. The van der Waals surface area contributed by atoms with Crippen LogP contribution in [0.15, 0.2) is 0 Å². The van der Waals surface area contributed by atoms with Crippen molar-refractivity contribution in [2.24, 2.45) is 5.41 Å². The number of carbonyl (C=O) groups is 1. The highest BCUT2D eigenvalue weighted by atomic mass is 32.2. The second-order valence-electron chi connectivity index (χ2n) is 5.47. The molecule has 1 fully saturated rings. The molecule has 7 heteroatoms. The molecular formula is C13H25NO5S. The van der Waals surface area contributed by atoms with Gasteiger partial charge in [0.15, 0.2) is 0 Å². The number of aliphatic carboxylic acids is 1. The van der Waals surface area contributed by atoms with Crippen molar-refractivity contribution in [1.82, 2.24) is 4.72 Å². The number of nitrogens with one attached hydrogen (secondary N) is 1. The van der Waals surface area contributed by atoms with E-state index < -0.39 is 21.4 Å². The van der Waals surface area contributed by atoms with E-state index in [-0.39, 0.29) is 25.3 Å². The van der Waals surface area contributed by atoms with Crippen molar-refractivity contribution in [3.63, 3.8) is 0 Å². The first-order valence-electron chi connectivity index (χ1n) is 7.16. The fourth-order valence-corrected chi connectivity index (χ4v) is 3.69. The third-order valence-corrected chi connectivity index (χ3v) is 5.10. The Morgan fingerprint density at radius 3 is 2.50 bits per heavy atom. The lowest BCUT2D eigenvalue weighted by Gasteiger charge is -2.36. The lowest BCUT2D eigenvalue weighted by Crippen LogP contribution is -2.41. The fourth-order valence-electron chi connectivity index (χ4n) is 2.69. The molecule has 0 saturated heterocycles. The second-order valence-corrected chi connectivity index (χ2v) is 7.39. The summed E-state index contributed by atoms with van der Waals surface area (Å²) in [6, 6.07) is 0.